The van der Waals surface area contributed by atoms with Gasteiger partial charge in [0.05, 0.1) is 5.39 Å². The highest BCUT2D eigenvalue weighted by Crippen LogP contribution is 2.28. The molecule has 0 spiro atoms. The van der Waals surface area contributed by atoms with E-state index < -0.39 is 5.82 Å². The third kappa shape index (κ3) is 2.04. The molecule has 1 aromatic carbocycles. The predicted molar refractivity (Wildman–Crippen MR) is 77.7 cm³/mol. The summed E-state index contributed by atoms with van der Waals surface area (Å²) in [5.74, 6) is -0.201. The topological polar surface area (TPSA) is 79.6 Å². The van der Waals surface area contributed by atoms with Gasteiger partial charge in [0.1, 0.15) is 0 Å². The molecule has 3 aromatic rings. The number of hydrogen-bond acceptors (Lipinski definition) is 4. The van der Waals surface area contributed by atoms with Crippen LogP contribution in [0.3, 0.4) is 0 Å². The van der Waals surface area contributed by atoms with Gasteiger partial charge in [-0.1, -0.05) is 17.7 Å². The van der Waals surface area contributed by atoms with Crippen LogP contribution in [0.15, 0.2) is 24.3 Å². The average Bonchev–Trinajstić information content (AvgIpc) is 2.77. The highest BCUT2D eigenvalue weighted by Gasteiger charge is 2.12. The molecule has 3 rings (SSSR count). The van der Waals surface area contributed by atoms with Crippen molar-refractivity contribution in [1.82, 2.24) is 15.2 Å². The lowest BCUT2D eigenvalue weighted by molar-refractivity contribution is 0.629. The summed E-state index contributed by atoms with van der Waals surface area (Å²) in [6.07, 6.45) is 0. The number of H-pyrrole nitrogens is 1. The minimum absolute atomic E-state index is 0.0894. The zero-order chi connectivity index (χ0) is 14.3. The van der Waals surface area contributed by atoms with Gasteiger partial charge in [0.15, 0.2) is 23.1 Å². The molecule has 0 saturated carbocycles. The number of nitrogens with zero attached hydrogens (tertiary/aromatic N) is 2. The van der Waals surface area contributed by atoms with Crippen molar-refractivity contribution in [3.63, 3.8) is 0 Å². The Hall–Kier alpha value is -2.34. The molecule has 102 valence electrons. The molecule has 0 aliphatic heterocycles. The second-order valence-corrected chi connectivity index (χ2v) is 4.77. The fourth-order valence-corrected chi connectivity index (χ4v) is 2.08. The lowest BCUT2D eigenvalue weighted by Crippen LogP contribution is -1.99. The van der Waals surface area contributed by atoms with Gasteiger partial charge in [-0.15, -0.1) is 0 Å². The molecule has 4 N–H and O–H groups in total. The van der Waals surface area contributed by atoms with Gasteiger partial charge in [-0.05, 0) is 30.7 Å². The van der Waals surface area contributed by atoms with Crippen LogP contribution < -0.4 is 11.1 Å². The van der Waals surface area contributed by atoms with E-state index in [0.717, 1.165) is 5.56 Å². The van der Waals surface area contributed by atoms with Gasteiger partial charge >= 0.3 is 0 Å². The highest BCUT2D eigenvalue weighted by atomic mass is 35.5. The van der Waals surface area contributed by atoms with Crippen molar-refractivity contribution in [3.8, 4) is 0 Å². The molecular formula is C13H11ClFN5. The lowest BCUT2D eigenvalue weighted by atomic mass is 10.2. The number of aromatic amines is 1. The first-order valence-corrected chi connectivity index (χ1v) is 6.26. The van der Waals surface area contributed by atoms with E-state index in [1.54, 1.807) is 18.2 Å². The van der Waals surface area contributed by atoms with Gasteiger partial charge in [-0.25, -0.2) is 9.37 Å². The Bertz CT molecular complexity index is 799. The van der Waals surface area contributed by atoms with Gasteiger partial charge < -0.3 is 11.1 Å². The summed E-state index contributed by atoms with van der Waals surface area (Å²) in [7, 11) is 0. The van der Waals surface area contributed by atoms with Crippen molar-refractivity contribution in [2.75, 3.05) is 11.1 Å². The van der Waals surface area contributed by atoms with Gasteiger partial charge in [0.2, 0.25) is 0 Å². The van der Waals surface area contributed by atoms with Crippen LogP contribution in [0.1, 0.15) is 5.56 Å². The summed E-state index contributed by atoms with van der Waals surface area (Å²) < 4.78 is 14.0. The Morgan fingerprint density at radius 3 is 3.00 bits per heavy atom. The zero-order valence-electron chi connectivity index (χ0n) is 10.5. The number of anilines is 3. The SMILES string of the molecule is Cc1c(Cl)cccc1Nc1nc2[nH]nc(N)c2cc1F. The van der Waals surface area contributed by atoms with Crippen molar-refractivity contribution in [2.45, 2.75) is 6.92 Å². The third-order valence-electron chi connectivity index (χ3n) is 3.05. The van der Waals surface area contributed by atoms with Gasteiger partial charge in [-0.2, -0.15) is 5.10 Å². The van der Waals surface area contributed by atoms with Gasteiger partial charge in [0, 0.05) is 10.7 Å². The molecule has 0 radical (unpaired) electrons. The predicted octanol–water partition coefficient (Wildman–Crippen LogP) is 3.38. The van der Waals surface area contributed by atoms with E-state index in [4.69, 9.17) is 17.3 Å². The Morgan fingerprint density at radius 2 is 2.20 bits per heavy atom. The summed E-state index contributed by atoms with van der Waals surface area (Å²) >= 11 is 6.03. The molecule has 0 aliphatic carbocycles. The largest absolute Gasteiger partial charge is 0.382 e. The number of rotatable bonds is 2. The van der Waals surface area contributed by atoms with E-state index in [1.807, 2.05) is 6.92 Å². The molecule has 2 heterocycles. The monoisotopic (exact) mass is 291 g/mol. The van der Waals surface area contributed by atoms with Crippen LogP contribution in [-0.2, 0) is 0 Å². The summed E-state index contributed by atoms with van der Waals surface area (Å²) in [5, 5.41) is 10.4. The van der Waals surface area contributed by atoms with Crippen molar-refractivity contribution in [2.24, 2.45) is 0 Å². The Balaban J connectivity index is 2.06. The number of hydrogen-bond donors (Lipinski definition) is 3. The Labute approximate surface area is 119 Å². The maximum Gasteiger partial charge on any atom is 0.169 e. The number of benzene rings is 1. The first kappa shape index (κ1) is 12.7. The van der Waals surface area contributed by atoms with Crippen molar-refractivity contribution in [1.29, 1.82) is 0 Å². The number of aromatic nitrogens is 3. The second-order valence-electron chi connectivity index (χ2n) is 4.36. The van der Waals surface area contributed by atoms with E-state index in [2.05, 4.69) is 20.5 Å². The molecule has 0 amide bonds. The van der Waals surface area contributed by atoms with Gasteiger partial charge in [-0.3, -0.25) is 5.10 Å². The molecular weight excluding hydrogens is 281 g/mol. The van der Waals surface area contributed by atoms with Gasteiger partial charge in [0.25, 0.3) is 0 Å². The molecule has 0 fully saturated rings. The van der Waals surface area contributed by atoms with Crippen LogP contribution >= 0.6 is 11.6 Å². The number of pyridine rings is 1. The molecule has 5 nitrogen and oxygen atoms in total. The van der Waals surface area contributed by atoms with E-state index in [-0.39, 0.29) is 11.6 Å². The maximum absolute atomic E-state index is 14.0. The smallest absolute Gasteiger partial charge is 0.169 e. The first-order valence-electron chi connectivity index (χ1n) is 5.88. The van der Waals surface area contributed by atoms with Crippen LogP contribution in [0.5, 0.6) is 0 Å². The molecule has 2 aromatic heterocycles. The Morgan fingerprint density at radius 1 is 1.40 bits per heavy atom. The Kier molecular flexibility index (Phi) is 2.94. The fourth-order valence-electron chi connectivity index (χ4n) is 1.90. The standard InChI is InChI=1S/C13H11ClFN5/c1-6-8(14)3-2-4-10(6)17-13-9(15)5-7-11(16)19-20-12(7)18-13/h2-5H,1H3,(H4,16,17,18,19,20). The van der Waals surface area contributed by atoms with Crippen LogP contribution in [0.25, 0.3) is 11.0 Å². The molecule has 0 aliphatic rings. The van der Waals surface area contributed by atoms with E-state index >= 15 is 0 Å². The molecule has 0 bridgehead atoms. The number of halogens is 2. The van der Waals surface area contributed by atoms with E-state index in [0.29, 0.717) is 21.7 Å². The number of nitrogen functional groups attached to an aromatic ring is 1. The van der Waals surface area contributed by atoms with Crippen LogP contribution in [0.4, 0.5) is 21.7 Å². The molecule has 0 saturated heterocycles. The number of nitrogens with one attached hydrogen (secondary N) is 2. The summed E-state index contributed by atoms with van der Waals surface area (Å²) in [4.78, 5) is 4.13. The van der Waals surface area contributed by atoms with Crippen molar-refractivity contribution in [3.05, 3.63) is 40.7 Å². The zero-order valence-corrected chi connectivity index (χ0v) is 11.3. The average molecular weight is 292 g/mol. The second kappa shape index (κ2) is 4.64. The number of fused-ring (bicyclic) bond motifs is 1. The maximum atomic E-state index is 14.0. The molecule has 20 heavy (non-hydrogen) atoms. The van der Waals surface area contributed by atoms with Crippen LogP contribution in [0, 0.1) is 12.7 Å². The summed E-state index contributed by atoms with van der Waals surface area (Å²) in [5.41, 5.74) is 7.54. The molecule has 0 unspecified atom stereocenters. The minimum Gasteiger partial charge on any atom is -0.382 e. The van der Waals surface area contributed by atoms with E-state index in [1.165, 1.54) is 6.07 Å². The molecule has 7 heteroatoms. The first-order chi connectivity index (χ1) is 9.56. The van der Waals surface area contributed by atoms with Crippen LogP contribution in [0.2, 0.25) is 5.02 Å². The normalized spacial score (nSPS) is 10.9. The number of nitrogens with two attached hydrogens (primary N) is 1. The summed E-state index contributed by atoms with van der Waals surface area (Å²) in [6, 6.07) is 6.64. The highest BCUT2D eigenvalue weighted by molar-refractivity contribution is 6.31. The van der Waals surface area contributed by atoms with Crippen molar-refractivity contribution < 1.29 is 4.39 Å². The van der Waals surface area contributed by atoms with E-state index in [9.17, 15) is 4.39 Å². The summed E-state index contributed by atoms with van der Waals surface area (Å²) in [6.45, 7) is 1.84. The quantitative estimate of drug-likeness (QED) is 0.676. The van der Waals surface area contributed by atoms with Crippen molar-refractivity contribution >= 4 is 40.0 Å². The minimum atomic E-state index is -0.509. The lowest BCUT2D eigenvalue weighted by Gasteiger charge is -2.10. The molecule has 0 atom stereocenters. The van der Waals surface area contributed by atoms with Crippen LogP contribution in [-0.4, -0.2) is 15.2 Å². The fraction of sp³-hybridized carbons (Fsp3) is 0.0769. The third-order valence-corrected chi connectivity index (χ3v) is 3.46.